The number of hydrogen-bond donors (Lipinski definition) is 5. The van der Waals surface area contributed by atoms with E-state index in [1.807, 2.05) is 0 Å². The molecule has 0 saturated carbocycles. The van der Waals surface area contributed by atoms with Crippen LogP contribution >= 0.6 is 0 Å². The summed E-state index contributed by atoms with van der Waals surface area (Å²) >= 11 is 0. The van der Waals surface area contributed by atoms with Crippen LogP contribution in [-0.4, -0.2) is 44.6 Å². The van der Waals surface area contributed by atoms with E-state index < -0.39 is 69.7 Å². The topological polar surface area (TPSA) is 207 Å². The SMILES string of the molecule is CNc1ccc(-c2c(N)c(S(=O)(=O)O)c(N)c3c2C(=O)c2ccccc2C3=O)c(S(=O)(=O)O)c1C. The van der Waals surface area contributed by atoms with Crippen LogP contribution < -0.4 is 16.8 Å². The Balaban J connectivity index is 2.31. The number of fused-ring (bicyclic) bond motifs is 2. The number of carbonyl (C=O) groups excluding carboxylic acids is 2. The van der Waals surface area contributed by atoms with E-state index in [9.17, 15) is 35.5 Å². The number of carbonyl (C=O) groups is 2. The van der Waals surface area contributed by atoms with Crippen molar-refractivity contribution in [3.05, 3.63) is 64.2 Å². The molecule has 0 radical (unpaired) electrons. The summed E-state index contributed by atoms with van der Waals surface area (Å²) < 4.78 is 69.3. The second-order valence-electron chi connectivity index (χ2n) is 7.80. The summed E-state index contributed by atoms with van der Waals surface area (Å²) in [5.74, 6) is -1.60. The van der Waals surface area contributed by atoms with Crippen molar-refractivity contribution in [2.24, 2.45) is 0 Å². The van der Waals surface area contributed by atoms with Gasteiger partial charge in [-0.15, -0.1) is 0 Å². The molecule has 0 fully saturated rings. The second kappa shape index (κ2) is 7.88. The van der Waals surface area contributed by atoms with Crippen LogP contribution in [0.4, 0.5) is 17.1 Å². The van der Waals surface area contributed by atoms with Gasteiger partial charge in [0.15, 0.2) is 11.6 Å². The van der Waals surface area contributed by atoms with Crippen LogP contribution in [0.15, 0.2) is 46.2 Å². The van der Waals surface area contributed by atoms with Crippen LogP contribution in [-0.2, 0) is 20.2 Å². The molecule has 1 aliphatic rings. The van der Waals surface area contributed by atoms with Crippen LogP contribution in [0.25, 0.3) is 11.1 Å². The molecule has 0 aliphatic heterocycles. The van der Waals surface area contributed by atoms with E-state index in [0.717, 1.165) is 0 Å². The fraction of sp³-hybridized carbons (Fsp3) is 0.0909. The number of nitrogen functional groups attached to an aromatic ring is 2. The van der Waals surface area contributed by atoms with Crippen molar-refractivity contribution in [2.75, 3.05) is 23.8 Å². The maximum Gasteiger partial charge on any atom is 0.298 e. The minimum atomic E-state index is -5.16. The zero-order chi connectivity index (χ0) is 26.0. The standard InChI is InChI=1S/C22H19N3O8S2/c1-9-13(25-2)8-7-12(21(9)34(28,29)30)14-15-16(18(24)22(17(14)23)35(31,32)33)20(27)11-6-4-3-5-10(11)19(15)26/h3-8,25H,23-24H2,1-2H3,(H,28,29,30)(H,31,32,33). The highest BCUT2D eigenvalue weighted by molar-refractivity contribution is 7.86. The lowest BCUT2D eigenvalue weighted by molar-refractivity contribution is 0.0980. The summed E-state index contributed by atoms with van der Waals surface area (Å²) in [7, 11) is -8.62. The highest BCUT2D eigenvalue weighted by Gasteiger charge is 2.40. The summed E-state index contributed by atoms with van der Waals surface area (Å²) in [6.07, 6.45) is 0. The fourth-order valence-corrected chi connectivity index (χ4v) is 6.13. The quantitative estimate of drug-likeness (QED) is 0.196. The van der Waals surface area contributed by atoms with Gasteiger partial charge in [0.2, 0.25) is 0 Å². The molecule has 0 bridgehead atoms. The lowest BCUT2D eigenvalue weighted by Crippen LogP contribution is -2.26. The van der Waals surface area contributed by atoms with E-state index in [2.05, 4.69) is 5.32 Å². The summed E-state index contributed by atoms with van der Waals surface area (Å²) in [5.41, 5.74) is 8.96. The smallest absolute Gasteiger partial charge is 0.298 e. The number of benzene rings is 3. The lowest BCUT2D eigenvalue weighted by atomic mass is 9.78. The number of anilines is 3. The zero-order valence-electron chi connectivity index (χ0n) is 18.3. The first-order valence-electron chi connectivity index (χ1n) is 9.91. The molecule has 13 heteroatoms. The Hall–Kier alpha value is -3.78. The van der Waals surface area contributed by atoms with Crippen molar-refractivity contribution < 1.29 is 35.5 Å². The molecule has 4 rings (SSSR count). The summed E-state index contributed by atoms with van der Waals surface area (Å²) in [5, 5.41) is 2.75. The fourth-order valence-electron chi connectivity index (χ4n) is 4.43. The molecule has 0 atom stereocenters. The third kappa shape index (κ3) is 3.56. The van der Waals surface area contributed by atoms with E-state index in [0.29, 0.717) is 5.69 Å². The Morgan fingerprint density at radius 3 is 1.69 bits per heavy atom. The van der Waals surface area contributed by atoms with Gasteiger partial charge in [-0.05, 0) is 18.6 Å². The van der Waals surface area contributed by atoms with Crippen LogP contribution in [0, 0.1) is 6.92 Å². The molecular formula is C22H19N3O8S2. The average Bonchev–Trinajstić information content (AvgIpc) is 2.75. The average molecular weight is 518 g/mol. The normalized spacial score (nSPS) is 13.4. The van der Waals surface area contributed by atoms with Gasteiger partial charge in [-0.25, -0.2) is 0 Å². The van der Waals surface area contributed by atoms with Crippen molar-refractivity contribution in [1.29, 1.82) is 0 Å². The molecule has 7 N–H and O–H groups in total. The van der Waals surface area contributed by atoms with Crippen molar-refractivity contribution in [3.63, 3.8) is 0 Å². The van der Waals surface area contributed by atoms with Gasteiger partial charge in [0, 0.05) is 40.6 Å². The van der Waals surface area contributed by atoms with Gasteiger partial charge in [-0.1, -0.05) is 30.3 Å². The van der Waals surface area contributed by atoms with Gasteiger partial charge >= 0.3 is 0 Å². The molecule has 0 amide bonds. The van der Waals surface area contributed by atoms with Crippen molar-refractivity contribution in [3.8, 4) is 11.1 Å². The van der Waals surface area contributed by atoms with Gasteiger partial charge in [-0.3, -0.25) is 18.7 Å². The number of rotatable bonds is 4. The van der Waals surface area contributed by atoms with Crippen LogP contribution in [0.2, 0.25) is 0 Å². The van der Waals surface area contributed by atoms with Crippen LogP contribution in [0.1, 0.15) is 37.4 Å². The van der Waals surface area contributed by atoms with E-state index in [1.54, 1.807) is 0 Å². The summed E-state index contributed by atoms with van der Waals surface area (Å²) in [6, 6.07) is 8.31. The highest BCUT2D eigenvalue weighted by atomic mass is 32.2. The van der Waals surface area contributed by atoms with Crippen molar-refractivity contribution >= 4 is 48.9 Å². The molecular weight excluding hydrogens is 498 g/mol. The second-order valence-corrected chi connectivity index (χ2v) is 10.5. The molecule has 0 heterocycles. The molecule has 11 nitrogen and oxygen atoms in total. The van der Waals surface area contributed by atoms with E-state index >= 15 is 0 Å². The lowest BCUT2D eigenvalue weighted by Gasteiger charge is -2.26. The first-order valence-corrected chi connectivity index (χ1v) is 12.8. The Kier molecular flexibility index (Phi) is 5.48. The summed E-state index contributed by atoms with van der Waals surface area (Å²) in [4.78, 5) is 25.2. The van der Waals surface area contributed by atoms with E-state index in [4.69, 9.17) is 11.5 Å². The van der Waals surface area contributed by atoms with Gasteiger partial charge in [0.25, 0.3) is 20.2 Å². The minimum absolute atomic E-state index is 0.0286. The molecule has 3 aromatic rings. The number of nitrogens with one attached hydrogen (secondary N) is 1. The highest BCUT2D eigenvalue weighted by Crippen LogP contribution is 2.47. The third-order valence-electron chi connectivity index (χ3n) is 5.86. The first kappa shape index (κ1) is 24.3. The predicted molar refractivity (Wildman–Crippen MR) is 128 cm³/mol. The Labute approximate surface area is 200 Å². The van der Waals surface area contributed by atoms with Gasteiger partial charge in [0.05, 0.1) is 16.9 Å². The minimum Gasteiger partial charge on any atom is -0.397 e. The van der Waals surface area contributed by atoms with Gasteiger partial charge < -0.3 is 16.8 Å². The Morgan fingerprint density at radius 2 is 1.20 bits per heavy atom. The van der Waals surface area contributed by atoms with E-state index in [1.165, 1.54) is 50.4 Å². The monoisotopic (exact) mass is 517 g/mol. The largest absolute Gasteiger partial charge is 0.397 e. The Morgan fingerprint density at radius 1 is 0.714 bits per heavy atom. The van der Waals surface area contributed by atoms with Crippen LogP contribution in [0.5, 0.6) is 0 Å². The third-order valence-corrected chi connectivity index (χ3v) is 7.86. The predicted octanol–water partition coefficient (Wildman–Crippen LogP) is 2.14. The van der Waals surface area contributed by atoms with Crippen molar-refractivity contribution in [1.82, 2.24) is 0 Å². The first-order chi connectivity index (χ1) is 16.2. The maximum atomic E-state index is 13.6. The van der Waals surface area contributed by atoms with Crippen molar-refractivity contribution in [2.45, 2.75) is 16.7 Å². The molecule has 0 spiro atoms. The molecule has 0 unspecified atom stereocenters. The van der Waals surface area contributed by atoms with Crippen LogP contribution in [0.3, 0.4) is 0 Å². The number of ketones is 2. The Bertz CT molecular complexity index is 1690. The maximum absolute atomic E-state index is 13.6. The molecule has 0 aromatic heterocycles. The molecule has 182 valence electrons. The molecule has 3 aromatic carbocycles. The number of hydrogen-bond acceptors (Lipinski definition) is 9. The molecule has 0 saturated heterocycles. The summed E-state index contributed by atoms with van der Waals surface area (Å²) in [6.45, 7) is 1.37. The van der Waals surface area contributed by atoms with Gasteiger partial charge in [0.1, 0.15) is 9.79 Å². The molecule has 35 heavy (non-hydrogen) atoms. The number of nitrogens with two attached hydrogens (primary N) is 2. The zero-order valence-corrected chi connectivity index (χ0v) is 19.9. The van der Waals surface area contributed by atoms with E-state index in [-0.39, 0.29) is 22.3 Å². The molecule has 1 aliphatic carbocycles. The van der Waals surface area contributed by atoms with Gasteiger partial charge in [-0.2, -0.15) is 16.8 Å².